The van der Waals surface area contributed by atoms with Crippen molar-refractivity contribution < 1.29 is 19.2 Å². The van der Waals surface area contributed by atoms with Crippen LogP contribution in [-0.2, 0) is 0 Å². The lowest BCUT2D eigenvalue weighted by molar-refractivity contribution is 0.359. The number of ether oxygens (including phenoxy) is 1. The molecule has 0 aliphatic heterocycles. The quantitative estimate of drug-likeness (QED) is 0.588. The molecule has 0 saturated carbocycles. The summed E-state index contributed by atoms with van der Waals surface area (Å²) in [7, 11) is -1.74. The molecule has 86 valence electrons. The second kappa shape index (κ2) is 5.68. The molecule has 0 bridgehead atoms. The second-order valence-electron chi connectivity index (χ2n) is 3.65. The summed E-state index contributed by atoms with van der Waals surface area (Å²) in [4.78, 5) is 0. The molecule has 5 heteroatoms. The molecule has 3 nitrogen and oxygen atoms in total. The van der Waals surface area contributed by atoms with Crippen molar-refractivity contribution in [1.29, 1.82) is 0 Å². The molecule has 0 aromatic heterocycles. The zero-order valence-corrected chi connectivity index (χ0v) is 9.27. The third-order valence-corrected chi connectivity index (χ3v) is 1.98. The maximum atomic E-state index is 12.9. The highest BCUT2D eigenvalue weighted by molar-refractivity contribution is 6.59. The molecule has 0 saturated heterocycles. The first-order valence-corrected chi connectivity index (χ1v) is 4.92. The van der Waals surface area contributed by atoms with Crippen LogP contribution in [0.15, 0.2) is 29.8 Å². The van der Waals surface area contributed by atoms with Crippen LogP contribution in [0, 0.1) is 5.82 Å². The van der Waals surface area contributed by atoms with E-state index in [1.807, 2.05) is 19.9 Å². The van der Waals surface area contributed by atoms with Gasteiger partial charge in [-0.2, -0.15) is 0 Å². The fourth-order valence-corrected chi connectivity index (χ4v) is 1.15. The summed E-state index contributed by atoms with van der Waals surface area (Å²) in [5.74, 6) is -0.258. The van der Waals surface area contributed by atoms with E-state index in [-0.39, 0.29) is 11.2 Å². The van der Waals surface area contributed by atoms with E-state index in [9.17, 15) is 4.39 Å². The van der Waals surface area contributed by atoms with E-state index in [1.54, 1.807) is 0 Å². The number of hydrogen-bond acceptors (Lipinski definition) is 3. The van der Waals surface area contributed by atoms with Crippen molar-refractivity contribution in [1.82, 2.24) is 0 Å². The predicted molar refractivity (Wildman–Crippen MR) is 61.2 cm³/mol. The zero-order valence-electron chi connectivity index (χ0n) is 9.27. The van der Waals surface area contributed by atoms with Crippen LogP contribution in [0.3, 0.4) is 0 Å². The molecule has 0 heterocycles. The first-order chi connectivity index (χ1) is 7.50. The molecule has 0 atom stereocenters. The average molecular weight is 224 g/mol. The highest BCUT2D eigenvalue weighted by Gasteiger charge is 2.17. The summed E-state index contributed by atoms with van der Waals surface area (Å²) >= 11 is 0. The van der Waals surface area contributed by atoms with E-state index in [0.29, 0.717) is 6.61 Å². The standard InChI is InChI=1S/C11H14BFO3/c1-8(2)5-6-16-11-4-3-9(13)7-10(11)12(14)15/h3-5,7,14-15H,6H2,1-2H3. The van der Waals surface area contributed by atoms with Crippen LogP contribution in [0.4, 0.5) is 4.39 Å². The third-order valence-electron chi connectivity index (χ3n) is 1.98. The minimum Gasteiger partial charge on any atom is -0.490 e. The second-order valence-corrected chi connectivity index (χ2v) is 3.65. The summed E-state index contributed by atoms with van der Waals surface area (Å²) in [6.07, 6.45) is 1.84. The Morgan fingerprint density at radius 1 is 1.44 bits per heavy atom. The Hall–Kier alpha value is -1.33. The van der Waals surface area contributed by atoms with Crippen LogP contribution < -0.4 is 10.2 Å². The molecule has 1 aromatic carbocycles. The van der Waals surface area contributed by atoms with Crippen molar-refractivity contribution in [2.24, 2.45) is 0 Å². The fourth-order valence-electron chi connectivity index (χ4n) is 1.15. The highest BCUT2D eigenvalue weighted by atomic mass is 19.1. The Morgan fingerprint density at radius 3 is 2.69 bits per heavy atom. The van der Waals surface area contributed by atoms with Crippen molar-refractivity contribution in [3.05, 3.63) is 35.7 Å². The topological polar surface area (TPSA) is 49.7 Å². The first kappa shape index (κ1) is 12.7. The van der Waals surface area contributed by atoms with Gasteiger partial charge in [-0.25, -0.2) is 4.39 Å². The summed E-state index contributed by atoms with van der Waals surface area (Å²) in [6.45, 7) is 4.17. The van der Waals surface area contributed by atoms with Crippen molar-refractivity contribution in [3.8, 4) is 5.75 Å². The Kier molecular flexibility index (Phi) is 4.52. The molecule has 0 radical (unpaired) electrons. The Labute approximate surface area is 94.3 Å². The largest absolute Gasteiger partial charge is 0.492 e. The van der Waals surface area contributed by atoms with Gasteiger partial charge >= 0.3 is 7.12 Å². The van der Waals surface area contributed by atoms with E-state index < -0.39 is 12.9 Å². The smallest absolute Gasteiger partial charge is 0.490 e. The van der Waals surface area contributed by atoms with Gasteiger partial charge in [0, 0.05) is 5.46 Å². The Bertz CT molecular complexity index is 387. The normalized spacial score (nSPS) is 9.81. The molecule has 0 spiro atoms. The van der Waals surface area contributed by atoms with Crippen LogP contribution in [0.25, 0.3) is 0 Å². The Morgan fingerprint density at radius 2 is 2.12 bits per heavy atom. The van der Waals surface area contributed by atoms with Gasteiger partial charge in [-0.15, -0.1) is 0 Å². The molecule has 1 rings (SSSR count). The number of benzene rings is 1. The molecule has 16 heavy (non-hydrogen) atoms. The maximum absolute atomic E-state index is 12.9. The van der Waals surface area contributed by atoms with Gasteiger partial charge in [0.2, 0.25) is 0 Å². The van der Waals surface area contributed by atoms with E-state index in [1.165, 1.54) is 12.1 Å². The van der Waals surface area contributed by atoms with Gasteiger partial charge in [0.25, 0.3) is 0 Å². The number of rotatable bonds is 4. The van der Waals surface area contributed by atoms with E-state index in [4.69, 9.17) is 14.8 Å². The van der Waals surface area contributed by atoms with Crippen LogP contribution >= 0.6 is 0 Å². The molecule has 1 aromatic rings. The lowest BCUT2D eigenvalue weighted by Crippen LogP contribution is -2.31. The Balaban J connectivity index is 2.82. The van der Waals surface area contributed by atoms with Crippen molar-refractivity contribution in [2.75, 3.05) is 6.61 Å². The van der Waals surface area contributed by atoms with Crippen molar-refractivity contribution >= 4 is 12.6 Å². The molecule has 0 amide bonds. The van der Waals surface area contributed by atoms with Crippen LogP contribution in [0.5, 0.6) is 5.75 Å². The fraction of sp³-hybridized carbons (Fsp3) is 0.273. The van der Waals surface area contributed by atoms with Crippen LogP contribution in [-0.4, -0.2) is 23.8 Å². The molecule has 2 N–H and O–H groups in total. The zero-order chi connectivity index (χ0) is 12.1. The monoisotopic (exact) mass is 224 g/mol. The maximum Gasteiger partial charge on any atom is 0.492 e. The lowest BCUT2D eigenvalue weighted by atomic mass is 9.79. The van der Waals surface area contributed by atoms with E-state index in [2.05, 4.69) is 0 Å². The summed E-state index contributed by atoms with van der Waals surface area (Å²) in [6, 6.07) is 3.63. The average Bonchev–Trinajstić information content (AvgIpc) is 2.19. The van der Waals surface area contributed by atoms with E-state index in [0.717, 1.165) is 11.6 Å². The minimum atomic E-state index is -1.74. The summed E-state index contributed by atoms with van der Waals surface area (Å²) in [5, 5.41) is 18.1. The molecular weight excluding hydrogens is 210 g/mol. The van der Waals surface area contributed by atoms with Gasteiger partial charge in [0.15, 0.2) is 0 Å². The van der Waals surface area contributed by atoms with Gasteiger partial charge < -0.3 is 14.8 Å². The summed E-state index contributed by atoms with van der Waals surface area (Å²) in [5.41, 5.74) is 1.12. The van der Waals surface area contributed by atoms with Gasteiger partial charge in [-0.05, 0) is 38.1 Å². The van der Waals surface area contributed by atoms with Gasteiger partial charge in [-0.1, -0.05) is 5.57 Å². The molecule has 0 fully saturated rings. The van der Waals surface area contributed by atoms with Crippen LogP contribution in [0.2, 0.25) is 0 Å². The molecule has 0 aliphatic rings. The third kappa shape index (κ3) is 3.68. The molecule has 0 aliphatic carbocycles. The van der Waals surface area contributed by atoms with Crippen molar-refractivity contribution in [3.63, 3.8) is 0 Å². The number of hydrogen-bond donors (Lipinski definition) is 2. The van der Waals surface area contributed by atoms with Gasteiger partial charge in [-0.3, -0.25) is 0 Å². The molecular formula is C11H14BFO3. The van der Waals surface area contributed by atoms with Gasteiger partial charge in [0.1, 0.15) is 18.2 Å². The molecule has 0 unspecified atom stereocenters. The van der Waals surface area contributed by atoms with E-state index >= 15 is 0 Å². The first-order valence-electron chi connectivity index (χ1n) is 4.92. The lowest BCUT2D eigenvalue weighted by Gasteiger charge is -2.09. The number of allylic oxidation sites excluding steroid dienone is 1. The SMILES string of the molecule is CC(C)=CCOc1ccc(F)cc1B(O)O. The summed E-state index contributed by atoms with van der Waals surface area (Å²) < 4.78 is 18.2. The van der Waals surface area contributed by atoms with Crippen molar-refractivity contribution in [2.45, 2.75) is 13.8 Å². The highest BCUT2D eigenvalue weighted by Crippen LogP contribution is 2.10. The number of halogens is 1. The van der Waals surface area contributed by atoms with Gasteiger partial charge in [0.05, 0.1) is 0 Å². The minimum absolute atomic E-state index is 0.0298. The predicted octanol–water partition coefficient (Wildman–Crippen LogP) is 0.850. The van der Waals surface area contributed by atoms with Crippen LogP contribution in [0.1, 0.15) is 13.8 Å².